The predicted octanol–water partition coefficient (Wildman–Crippen LogP) is 9.38. The van der Waals surface area contributed by atoms with E-state index in [0.29, 0.717) is 23.0 Å². The first-order chi connectivity index (χ1) is 19.7. The van der Waals surface area contributed by atoms with Crippen LogP contribution >= 0.6 is 11.8 Å². The fourth-order valence-electron chi connectivity index (χ4n) is 4.63. The third-order valence-corrected chi connectivity index (χ3v) is 7.37. The number of nitrogens with zero attached hydrogens (tertiary/aromatic N) is 5. The molecule has 196 valence electrons. The third kappa shape index (κ3) is 5.82. The van der Waals surface area contributed by atoms with Crippen molar-refractivity contribution < 1.29 is 0 Å². The first kappa shape index (κ1) is 25.6. The summed E-state index contributed by atoms with van der Waals surface area (Å²) in [5.74, 6) is 1.58. The van der Waals surface area contributed by atoms with Crippen molar-refractivity contribution in [2.45, 2.75) is 18.5 Å². The average molecular weight is 540 g/mol. The third-order valence-electron chi connectivity index (χ3n) is 6.50. The summed E-state index contributed by atoms with van der Waals surface area (Å²) in [5, 5.41) is 0.638. The van der Waals surface area contributed by atoms with Gasteiger partial charge in [-0.2, -0.15) is 15.0 Å². The van der Waals surface area contributed by atoms with Gasteiger partial charge in [0.15, 0.2) is 5.16 Å². The molecule has 5 nitrogen and oxygen atoms in total. The highest BCUT2D eigenvalue weighted by Gasteiger charge is 2.23. The van der Waals surface area contributed by atoms with Gasteiger partial charge in [-0.1, -0.05) is 97.9 Å². The number of aromatic nitrogens is 3. The van der Waals surface area contributed by atoms with Crippen LogP contribution in [0.5, 0.6) is 0 Å². The van der Waals surface area contributed by atoms with E-state index in [2.05, 4.69) is 83.5 Å². The molecule has 1 atom stereocenters. The van der Waals surface area contributed by atoms with Gasteiger partial charge < -0.3 is 0 Å². The first-order valence-electron chi connectivity index (χ1n) is 13.4. The average Bonchev–Trinajstić information content (AvgIpc) is 3.00. The summed E-state index contributed by atoms with van der Waals surface area (Å²) in [6.45, 7) is 2.23. The fourth-order valence-corrected chi connectivity index (χ4v) is 5.56. The first-order valence-corrected chi connectivity index (χ1v) is 14.2. The molecule has 0 N–H and O–H groups in total. The maximum Gasteiger partial charge on any atom is 0.240 e. The molecule has 0 aliphatic heterocycles. The molecule has 6 heteroatoms. The minimum Gasteiger partial charge on any atom is -0.279 e. The molecule has 0 bridgehead atoms. The van der Waals surface area contributed by atoms with Gasteiger partial charge in [0.2, 0.25) is 11.9 Å². The minimum absolute atomic E-state index is 0.476. The standard InChI is InChI=1S/C34H29N5S/c1-26-15-14-24-31(25-26)40-34-36-32(38(27-16-6-2-7-17-27)28-18-8-3-9-19-28)35-33(37-34)39(29-20-10-4-11-21-29)30-22-12-5-13-23-30/h2-14,16-26H,15H2,1H3. The van der Waals surface area contributed by atoms with Crippen LogP contribution in [-0.4, -0.2) is 15.0 Å². The molecule has 0 radical (unpaired) electrons. The lowest BCUT2D eigenvalue weighted by Gasteiger charge is -2.27. The number of anilines is 6. The van der Waals surface area contributed by atoms with Gasteiger partial charge in [-0.3, -0.25) is 9.80 Å². The number of hydrogen-bond acceptors (Lipinski definition) is 6. The van der Waals surface area contributed by atoms with E-state index in [1.807, 2.05) is 72.8 Å². The van der Waals surface area contributed by atoms with Gasteiger partial charge in [0.1, 0.15) is 0 Å². The van der Waals surface area contributed by atoms with Crippen LogP contribution in [0.15, 0.2) is 150 Å². The van der Waals surface area contributed by atoms with Crippen LogP contribution in [0.25, 0.3) is 0 Å². The predicted molar refractivity (Wildman–Crippen MR) is 166 cm³/mol. The zero-order valence-corrected chi connectivity index (χ0v) is 23.0. The molecule has 1 aromatic heterocycles. The van der Waals surface area contributed by atoms with Crippen molar-refractivity contribution in [2.75, 3.05) is 9.80 Å². The summed E-state index contributed by atoms with van der Waals surface area (Å²) in [6, 6.07) is 40.9. The van der Waals surface area contributed by atoms with Crippen molar-refractivity contribution in [3.63, 3.8) is 0 Å². The summed E-state index contributed by atoms with van der Waals surface area (Å²) in [6.07, 6.45) is 7.71. The highest BCUT2D eigenvalue weighted by molar-refractivity contribution is 8.03. The van der Waals surface area contributed by atoms with Gasteiger partial charge >= 0.3 is 0 Å². The molecule has 4 aromatic carbocycles. The van der Waals surface area contributed by atoms with Gasteiger partial charge in [0.25, 0.3) is 0 Å². The molecule has 0 fully saturated rings. The van der Waals surface area contributed by atoms with E-state index < -0.39 is 0 Å². The lowest BCUT2D eigenvalue weighted by Crippen LogP contribution is -2.19. The SMILES string of the molecule is CC1C=C(Sc2nc(N(c3ccccc3)c3ccccc3)nc(N(c3ccccc3)c3ccccc3)n2)C=CC1. The molecule has 1 aliphatic carbocycles. The van der Waals surface area contributed by atoms with Gasteiger partial charge in [-0.15, -0.1) is 0 Å². The molecule has 6 rings (SSSR count). The van der Waals surface area contributed by atoms with Crippen LogP contribution < -0.4 is 9.80 Å². The molecule has 0 amide bonds. The summed E-state index contributed by atoms with van der Waals surface area (Å²) in [4.78, 5) is 20.5. The Kier molecular flexibility index (Phi) is 7.69. The molecule has 1 aliphatic rings. The largest absolute Gasteiger partial charge is 0.279 e. The van der Waals surface area contributed by atoms with Crippen LogP contribution in [0.3, 0.4) is 0 Å². The topological polar surface area (TPSA) is 45.2 Å². The Morgan fingerprint density at radius 3 is 1.35 bits per heavy atom. The molecule has 1 unspecified atom stereocenters. The van der Waals surface area contributed by atoms with Crippen molar-refractivity contribution in [1.82, 2.24) is 15.0 Å². The molecule has 0 saturated carbocycles. The Labute approximate surface area is 239 Å². The van der Waals surface area contributed by atoms with Gasteiger partial charge in [0.05, 0.1) is 0 Å². The summed E-state index contributed by atoms with van der Waals surface area (Å²) in [5.41, 5.74) is 3.88. The van der Waals surface area contributed by atoms with Crippen LogP contribution in [0.2, 0.25) is 0 Å². The van der Waals surface area contributed by atoms with Crippen LogP contribution in [-0.2, 0) is 0 Å². The Hall–Kier alpha value is -4.68. The lowest BCUT2D eigenvalue weighted by molar-refractivity contribution is 0.735. The number of para-hydroxylation sites is 4. The van der Waals surface area contributed by atoms with E-state index in [9.17, 15) is 0 Å². The number of benzene rings is 4. The van der Waals surface area contributed by atoms with Gasteiger partial charge in [-0.25, -0.2) is 0 Å². The minimum atomic E-state index is 0.476. The summed E-state index contributed by atoms with van der Waals surface area (Å²) >= 11 is 1.57. The van der Waals surface area contributed by atoms with Crippen LogP contribution in [0.1, 0.15) is 13.3 Å². The zero-order valence-electron chi connectivity index (χ0n) is 22.2. The number of hydrogen-bond donors (Lipinski definition) is 0. The van der Waals surface area contributed by atoms with E-state index in [0.717, 1.165) is 34.1 Å². The molecule has 0 spiro atoms. The summed E-state index contributed by atoms with van der Waals surface area (Å²) < 4.78 is 0. The monoisotopic (exact) mass is 539 g/mol. The maximum atomic E-state index is 5.13. The smallest absolute Gasteiger partial charge is 0.240 e. The second kappa shape index (κ2) is 12.0. The normalized spacial score (nSPS) is 14.4. The highest BCUT2D eigenvalue weighted by atomic mass is 32.2. The van der Waals surface area contributed by atoms with Crippen molar-refractivity contribution in [2.24, 2.45) is 5.92 Å². The zero-order chi connectivity index (χ0) is 27.1. The number of allylic oxidation sites excluding steroid dienone is 3. The summed E-state index contributed by atoms with van der Waals surface area (Å²) in [7, 11) is 0. The van der Waals surface area contributed by atoms with E-state index in [-0.39, 0.29) is 0 Å². The molecule has 0 saturated heterocycles. The lowest BCUT2D eigenvalue weighted by atomic mass is 10.0. The van der Waals surface area contributed by atoms with Gasteiger partial charge in [0, 0.05) is 27.7 Å². The van der Waals surface area contributed by atoms with Crippen LogP contribution in [0, 0.1) is 5.92 Å². The Balaban J connectivity index is 1.55. The van der Waals surface area contributed by atoms with Crippen molar-refractivity contribution in [3.8, 4) is 0 Å². The fraction of sp³-hybridized carbons (Fsp3) is 0.0882. The second-order valence-corrected chi connectivity index (χ2v) is 10.6. The van der Waals surface area contributed by atoms with Crippen LogP contribution in [0.4, 0.5) is 34.6 Å². The Morgan fingerprint density at radius 2 is 0.975 bits per heavy atom. The molecular formula is C34H29N5S. The second-order valence-electron chi connectivity index (χ2n) is 9.52. The van der Waals surface area contributed by atoms with E-state index in [1.165, 1.54) is 0 Å². The van der Waals surface area contributed by atoms with Crippen molar-refractivity contribution in [1.29, 1.82) is 0 Å². The van der Waals surface area contributed by atoms with Crippen molar-refractivity contribution in [3.05, 3.63) is 144 Å². The highest BCUT2D eigenvalue weighted by Crippen LogP contribution is 2.38. The van der Waals surface area contributed by atoms with Gasteiger partial charge in [-0.05, 0) is 72.6 Å². The van der Waals surface area contributed by atoms with E-state index >= 15 is 0 Å². The molecule has 1 heterocycles. The molecular weight excluding hydrogens is 510 g/mol. The molecule has 5 aromatic rings. The van der Waals surface area contributed by atoms with E-state index in [4.69, 9.17) is 15.0 Å². The number of rotatable bonds is 8. The Morgan fingerprint density at radius 1 is 0.575 bits per heavy atom. The Bertz CT molecular complexity index is 1430. The maximum absolute atomic E-state index is 5.13. The quantitative estimate of drug-likeness (QED) is 0.196. The van der Waals surface area contributed by atoms with Crippen molar-refractivity contribution >= 4 is 46.4 Å². The number of thioether (sulfide) groups is 1. The molecule has 40 heavy (non-hydrogen) atoms. The van der Waals surface area contributed by atoms with E-state index in [1.54, 1.807) is 11.8 Å².